The number of pyridine rings is 1. The Kier molecular flexibility index (Phi) is 3.20. The molecule has 0 saturated carbocycles. The number of nitro groups is 1. The smallest absolute Gasteiger partial charge is 0.258 e. The van der Waals surface area contributed by atoms with Gasteiger partial charge in [0, 0.05) is 17.7 Å². The van der Waals surface area contributed by atoms with Crippen LogP contribution >= 0.6 is 11.6 Å². The van der Waals surface area contributed by atoms with Crippen LogP contribution in [-0.2, 0) is 0 Å². The summed E-state index contributed by atoms with van der Waals surface area (Å²) in [6.45, 7) is 0. The van der Waals surface area contributed by atoms with Crippen LogP contribution in [0.5, 0.6) is 0 Å². The number of hydrogen-bond donors (Lipinski definition) is 0. The molecular weight excluding hydrogens is 266 g/mol. The Labute approximate surface area is 105 Å². The van der Waals surface area contributed by atoms with Gasteiger partial charge in [0.1, 0.15) is 16.8 Å². The van der Waals surface area contributed by atoms with Crippen molar-refractivity contribution in [1.29, 1.82) is 0 Å². The molecule has 0 radical (unpaired) electrons. The summed E-state index contributed by atoms with van der Waals surface area (Å²) < 4.78 is 26.3. The van der Waals surface area contributed by atoms with Crippen molar-refractivity contribution >= 4 is 17.3 Å². The van der Waals surface area contributed by atoms with Crippen LogP contribution in [-0.4, -0.2) is 9.91 Å². The fraction of sp³-hybridized carbons (Fsp3) is 0. The molecule has 7 heteroatoms. The standard InChI is InChI=1S/C11H5ClF2N2O2/c12-11-5-7(16(17)18)4-10(15-11)8-2-1-6(13)3-9(8)14/h1-5H. The Balaban J connectivity index is 2.60. The van der Waals surface area contributed by atoms with Crippen molar-refractivity contribution in [2.75, 3.05) is 0 Å². The second-order valence-corrected chi connectivity index (χ2v) is 3.80. The normalized spacial score (nSPS) is 10.4. The van der Waals surface area contributed by atoms with Gasteiger partial charge >= 0.3 is 0 Å². The van der Waals surface area contributed by atoms with Gasteiger partial charge in [0.25, 0.3) is 5.69 Å². The van der Waals surface area contributed by atoms with Gasteiger partial charge in [-0.15, -0.1) is 0 Å². The van der Waals surface area contributed by atoms with Gasteiger partial charge in [0.2, 0.25) is 0 Å². The van der Waals surface area contributed by atoms with E-state index in [1.54, 1.807) is 0 Å². The van der Waals surface area contributed by atoms with Gasteiger partial charge in [-0.2, -0.15) is 0 Å². The van der Waals surface area contributed by atoms with Gasteiger partial charge in [-0.25, -0.2) is 13.8 Å². The van der Waals surface area contributed by atoms with Gasteiger partial charge in [0.05, 0.1) is 16.7 Å². The lowest BCUT2D eigenvalue weighted by Gasteiger charge is -2.03. The molecule has 0 aliphatic carbocycles. The molecule has 0 atom stereocenters. The van der Waals surface area contributed by atoms with Gasteiger partial charge in [0.15, 0.2) is 0 Å². The maximum atomic E-state index is 13.5. The number of nitrogens with zero attached hydrogens (tertiary/aromatic N) is 2. The summed E-state index contributed by atoms with van der Waals surface area (Å²) in [5, 5.41) is 10.5. The van der Waals surface area contributed by atoms with E-state index in [1.807, 2.05) is 0 Å². The van der Waals surface area contributed by atoms with Crippen LogP contribution in [0, 0.1) is 21.7 Å². The predicted molar refractivity (Wildman–Crippen MR) is 61.3 cm³/mol. The second kappa shape index (κ2) is 4.66. The van der Waals surface area contributed by atoms with E-state index in [0.717, 1.165) is 24.3 Å². The lowest BCUT2D eigenvalue weighted by atomic mass is 10.1. The average Bonchev–Trinajstić information content (AvgIpc) is 2.27. The van der Waals surface area contributed by atoms with Gasteiger partial charge in [-0.05, 0) is 12.1 Å². The first-order chi connectivity index (χ1) is 8.47. The minimum atomic E-state index is -0.862. The van der Waals surface area contributed by atoms with Crippen LogP contribution in [0.4, 0.5) is 14.5 Å². The molecule has 18 heavy (non-hydrogen) atoms. The fourth-order valence-electron chi connectivity index (χ4n) is 1.42. The van der Waals surface area contributed by atoms with E-state index in [1.165, 1.54) is 0 Å². The van der Waals surface area contributed by atoms with Crippen LogP contribution in [0.2, 0.25) is 5.15 Å². The Bertz CT molecular complexity index is 634. The number of halogens is 3. The third kappa shape index (κ3) is 2.43. The highest BCUT2D eigenvalue weighted by Crippen LogP contribution is 2.27. The molecule has 0 aliphatic heterocycles. The zero-order valence-corrected chi connectivity index (χ0v) is 9.49. The van der Waals surface area contributed by atoms with Crippen molar-refractivity contribution in [3.63, 3.8) is 0 Å². The number of hydrogen-bond acceptors (Lipinski definition) is 3. The average molecular weight is 271 g/mol. The molecule has 1 aromatic heterocycles. The monoisotopic (exact) mass is 270 g/mol. The summed E-state index contributed by atoms with van der Waals surface area (Å²) in [7, 11) is 0. The molecule has 0 fully saturated rings. The quantitative estimate of drug-likeness (QED) is 0.476. The zero-order valence-electron chi connectivity index (χ0n) is 8.73. The summed E-state index contributed by atoms with van der Waals surface area (Å²) in [5.74, 6) is -1.60. The van der Waals surface area contributed by atoms with Gasteiger partial charge in [-0.1, -0.05) is 11.6 Å². The molecular formula is C11H5ClF2N2O2. The molecule has 0 aliphatic rings. The molecule has 0 N–H and O–H groups in total. The second-order valence-electron chi connectivity index (χ2n) is 3.41. The highest BCUT2D eigenvalue weighted by molar-refractivity contribution is 6.29. The Morgan fingerprint density at radius 2 is 1.94 bits per heavy atom. The lowest BCUT2D eigenvalue weighted by Crippen LogP contribution is -1.94. The van der Waals surface area contributed by atoms with Crippen molar-refractivity contribution in [2.45, 2.75) is 0 Å². The predicted octanol–water partition coefficient (Wildman–Crippen LogP) is 3.59. The van der Waals surface area contributed by atoms with E-state index in [4.69, 9.17) is 11.6 Å². The Morgan fingerprint density at radius 1 is 1.22 bits per heavy atom. The largest absolute Gasteiger partial charge is 0.274 e. The van der Waals surface area contributed by atoms with Crippen LogP contribution in [0.3, 0.4) is 0 Å². The molecule has 4 nitrogen and oxygen atoms in total. The first-order valence-corrected chi connectivity index (χ1v) is 5.12. The van der Waals surface area contributed by atoms with Crippen LogP contribution in [0.25, 0.3) is 11.3 Å². The number of benzene rings is 1. The summed E-state index contributed by atoms with van der Waals surface area (Å²) in [6.07, 6.45) is 0. The zero-order chi connectivity index (χ0) is 13.3. The van der Waals surface area contributed by atoms with Crippen molar-refractivity contribution in [1.82, 2.24) is 4.98 Å². The summed E-state index contributed by atoms with van der Waals surface area (Å²) >= 11 is 5.62. The minimum absolute atomic E-state index is 0.0216. The summed E-state index contributed by atoms with van der Waals surface area (Å²) in [4.78, 5) is 13.7. The van der Waals surface area contributed by atoms with E-state index in [9.17, 15) is 18.9 Å². The highest BCUT2D eigenvalue weighted by Gasteiger charge is 2.14. The molecule has 92 valence electrons. The highest BCUT2D eigenvalue weighted by atomic mass is 35.5. The fourth-order valence-corrected chi connectivity index (χ4v) is 1.63. The lowest BCUT2D eigenvalue weighted by molar-refractivity contribution is -0.384. The molecule has 2 aromatic rings. The molecule has 0 amide bonds. The van der Waals surface area contributed by atoms with Gasteiger partial charge in [-0.3, -0.25) is 10.1 Å². The van der Waals surface area contributed by atoms with Crippen molar-refractivity contribution < 1.29 is 13.7 Å². The molecule has 0 bridgehead atoms. The molecule has 2 rings (SSSR count). The van der Waals surface area contributed by atoms with E-state index in [-0.39, 0.29) is 22.1 Å². The molecule has 0 saturated heterocycles. The van der Waals surface area contributed by atoms with Crippen LogP contribution in [0.15, 0.2) is 30.3 Å². The van der Waals surface area contributed by atoms with E-state index in [0.29, 0.717) is 6.07 Å². The molecule has 0 unspecified atom stereocenters. The van der Waals surface area contributed by atoms with E-state index >= 15 is 0 Å². The van der Waals surface area contributed by atoms with Crippen molar-refractivity contribution in [3.05, 3.63) is 57.2 Å². The van der Waals surface area contributed by atoms with Crippen molar-refractivity contribution in [2.24, 2.45) is 0 Å². The third-order valence-corrected chi connectivity index (χ3v) is 2.39. The first kappa shape index (κ1) is 12.4. The van der Waals surface area contributed by atoms with E-state index in [2.05, 4.69) is 4.98 Å². The minimum Gasteiger partial charge on any atom is -0.258 e. The number of rotatable bonds is 2. The topological polar surface area (TPSA) is 56.0 Å². The van der Waals surface area contributed by atoms with Crippen molar-refractivity contribution in [3.8, 4) is 11.3 Å². The number of aromatic nitrogens is 1. The summed E-state index contributed by atoms with van der Waals surface area (Å²) in [5.41, 5.74) is -0.387. The maximum absolute atomic E-state index is 13.5. The summed E-state index contributed by atoms with van der Waals surface area (Å²) in [6, 6.07) is 4.97. The van der Waals surface area contributed by atoms with Crippen LogP contribution in [0.1, 0.15) is 0 Å². The SMILES string of the molecule is O=[N+]([O-])c1cc(Cl)nc(-c2ccc(F)cc2F)c1. The first-order valence-electron chi connectivity index (χ1n) is 4.75. The Hall–Kier alpha value is -2.08. The van der Waals surface area contributed by atoms with E-state index < -0.39 is 16.6 Å². The Morgan fingerprint density at radius 3 is 2.56 bits per heavy atom. The maximum Gasteiger partial charge on any atom is 0.274 e. The third-order valence-electron chi connectivity index (χ3n) is 2.20. The molecule has 0 spiro atoms. The molecule has 1 aromatic carbocycles. The van der Waals surface area contributed by atoms with Gasteiger partial charge < -0.3 is 0 Å². The molecule has 1 heterocycles. The van der Waals surface area contributed by atoms with Crippen LogP contribution < -0.4 is 0 Å².